The van der Waals surface area contributed by atoms with Crippen LogP contribution in [0.4, 0.5) is 5.13 Å². The van der Waals surface area contributed by atoms with Crippen molar-refractivity contribution in [3.63, 3.8) is 0 Å². The van der Waals surface area contributed by atoms with Crippen LogP contribution in [0.25, 0.3) is 10.4 Å². The summed E-state index contributed by atoms with van der Waals surface area (Å²) in [6.07, 6.45) is 3.61. The van der Waals surface area contributed by atoms with Crippen LogP contribution in [0.15, 0.2) is 34.9 Å². The fraction of sp³-hybridized carbons (Fsp3) is 0.333. The zero-order valence-corrected chi connectivity index (χ0v) is 13.8. The number of piperidine rings is 1. The van der Waals surface area contributed by atoms with Crippen LogP contribution in [-0.2, 0) is 4.79 Å². The van der Waals surface area contributed by atoms with E-state index in [1.165, 1.54) is 11.3 Å². The Morgan fingerprint density at radius 1 is 1.29 bits per heavy atom. The van der Waals surface area contributed by atoms with E-state index in [2.05, 4.69) is 31.5 Å². The molecule has 0 atom stereocenters. The number of rotatable bonds is 3. The van der Waals surface area contributed by atoms with Gasteiger partial charge in [-0.15, -0.1) is 0 Å². The summed E-state index contributed by atoms with van der Waals surface area (Å²) >= 11 is 4.94. The second-order valence-electron chi connectivity index (χ2n) is 5.05. The van der Waals surface area contributed by atoms with Crippen molar-refractivity contribution in [1.82, 2.24) is 10.3 Å². The van der Waals surface area contributed by atoms with Crippen molar-refractivity contribution in [3.05, 3.63) is 34.9 Å². The van der Waals surface area contributed by atoms with Gasteiger partial charge < -0.3 is 10.6 Å². The molecule has 0 saturated carbocycles. The number of hydrogen-bond donors (Lipinski definition) is 2. The van der Waals surface area contributed by atoms with E-state index in [4.69, 9.17) is 0 Å². The van der Waals surface area contributed by atoms with Crippen molar-refractivity contribution in [2.24, 2.45) is 5.92 Å². The highest BCUT2D eigenvalue weighted by atomic mass is 79.9. The van der Waals surface area contributed by atoms with Gasteiger partial charge in [-0.2, -0.15) is 0 Å². The van der Waals surface area contributed by atoms with E-state index in [1.807, 2.05) is 30.5 Å². The number of carbonyl (C=O) groups is 1. The first-order chi connectivity index (χ1) is 10.2. The van der Waals surface area contributed by atoms with Gasteiger partial charge in [0.15, 0.2) is 5.13 Å². The maximum absolute atomic E-state index is 12.2. The Bertz CT molecular complexity index is 620. The van der Waals surface area contributed by atoms with Crippen LogP contribution in [0.1, 0.15) is 12.8 Å². The molecule has 0 aliphatic carbocycles. The molecule has 0 unspecified atom stereocenters. The zero-order valence-electron chi connectivity index (χ0n) is 11.4. The number of benzene rings is 1. The van der Waals surface area contributed by atoms with Gasteiger partial charge in [0.1, 0.15) is 0 Å². The van der Waals surface area contributed by atoms with Crippen molar-refractivity contribution in [2.45, 2.75) is 12.8 Å². The van der Waals surface area contributed by atoms with Crippen LogP contribution in [0, 0.1) is 5.92 Å². The Kier molecular flexibility index (Phi) is 4.67. The molecule has 1 aromatic heterocycles. The Labute approximate surface area is 136 Å². The largest absolute Gasteiger partial charge is 0.317 e. The normalized spacial score (nSPS) is 15.9. The number of thiazole rings is 1. The van der Waals surface area contributed by atoms with Crippen LogP contribution in [0.5, 0.6) is 0 Å². The summed E-state index contributed by atoms with van der Waals surface area (Å²) in [6.45, 7) is 1.83. The first kappa shape index (κ1) is 14.7. The number of amides is 1. The van der Waals surface area contributed by atoms with Crippen molar-refractivity contribution in [1.29, 1.82) is 0 Å². The molecule has 2 heterocycles. The van der Waals surface area contributed by atoms with E-state index in [0.717, 1.165) is 40.8 Å². The van der Waals surface area contributed by atoms with Crippen LogP contribution in [0.3, 0.4) is 0 Å². The van der Waals surface area contributed by atoms with E-state index in [0.29, 0.717) is 5.13 Å². The highest BCUT2D eigenvalue weighted by molar-refractivity contribution is 9.10. The van der Waals surface area contributed by atoms with Gasteiger partial charge >= 0.3 is 0 Å². The Hall–Kier alpha value is -1.24. The van der Waals surface area contributed by atoms with Crippen molar-refractivity contribution >= 4 is 38.3 Å². The van der Waals surface area contributed by atoms with Gasteiger partial charge in [0.25, 0.3) is 0 Å². The topological polar surface area (TPSA) is 54.0 Å². The molecule has 110 valence electrons. The first-order valence-corrected chi connectivity index (χ1v) is 8.56. The van der Waals surface area contributed by atoms with Crippen LogP contribution in [0.2, 0.25) is 0 Å². The lowest BCUT2D eigenvalue weighted by Crippen LogP contribution is -2.34. The SMILES string of the molecule is O=C(Nc1ncc(-c2ccc(Br)cc2)s1)C1CCNCC1. The molecule has 21 heavy (non-hydrogen) atoms. The van der Waals surface area contributed by atoms with Gasteiger partial charge in [0.2, 0.25) is 5.91 Å². The number of carbonyl (C=O) groups excluding carboxylic acids is 1. The molecule has 1 aromatic carbocycles. The summed E-state index contributed by atoms with van der Waals surface area (Å²) in [5, 5.41) is 6.89. The maximum atomic E-state index is 12.2. The number of anilines is 1. The van der Waals surface area contributed by atoms with E-state index >= 15 is 0 Å². The Balaban J connectivity index is 1.67. The molecule has 2 N–H and O–H groups in total. The average molecular weight is 366 g/mol. The average Bonchev–Trinajstić information content (AvgIpc) is 2.97. The molecule has 1 amide bonds. The van der Waals surface area contributed by atoms with E-state index in [9.17, 15) is 4.79 Å². The van der Waals surface area contributed by atoms with Crippen LogP contribution >= 0.6 is 27.3 Å². The fourth-order valence-electron chi connectivity index (χ4n) is 2.37. The molecule has 4 nitrogen and oxygen atoms in total. The van der Waals surface area contributed by atoms with Crippen LogP contribution < -0.4 is 10.6 Å². The predicted molar refractivity (Wildman–Crippen MR) is 89.5 cm³/mol. The number of hydrogen-bond acceptors (Lipinski definition) is 4. The highest BCUT2D eigenvalue weighted by Crippen LogP contribution is 2.30. The number of halogens is 1. The molecule has 0 spiro atoms. The Morgan fingerprint density at radius 3 is 2.71 bits per heavy atom. The third-order valence-corrected chi connectivity index (χ3v) is 5.07. The molecule has 3 rings (SSSR count). The summed E-state index contributed by atoms with van der Waals surface area (Å²) in [5.41, 5.74) is 1.11. The highest BCUT2D eigenvalue weighted by Gasteiger charge is 2.21. The lowest BCUT2D eigenvalue weighted by molar-refractivity contribution is -0.120. The molecule has 1 aliphatic rings. The monoisotopic (exact) mass is 365 g/mol. The summed E-state index contributed by atoms with van der Waals surface area (Å²) in [7, 11) is 0. The minimum Gasteiger partial charge on any atom is -0.317 e. The summed E-state index contributed by atoms with van der Waals surface area (Å²) in [4.78, 5) is 17.5. The predicted octanol–water partition coefficient (Wildman–Crippen LogP) is 3.51. The molecule has 0 radical (unpaired) electrons. The van der Waals surface area contributed by atoms with Gasteiger partial charge in [0, 0.05) is 16.6 Å². The minimum absolute atomic E-state index is 0.0909. The third-order valence-electron chi connectivity index (χ3n) is 3.57. The summed E-state index contributed by atoms with van der Waals surface area (Å²) in [5.74, 6) is 0.194. The molecule has 0 bridgehead atoms. The smallest absolute Gasteiger partial charge is 0.229 e. The van der Waals surface area contributed by atoms with Crippen molar-refractivity contribution in [3.8, 4) is 10.4 Å². The van der Waals surface area contributed by atoms with Gasteiger partial charge in [-0.05, 0) is 43.6 Å². The van der Waals surface area contributed by atoms with Gasteiger partial charge in [-0.1, -0.05) is 39.4 Å². The first-order valence-electron chi connectivity index (χ1n) is 6.96. The molecule has 1 fully saturated rings. The van der Waals surface area contributed by atoms with Gasteiger partial charge in [0.05, 0.1) is 4.88 Å². The molecular formula is C15H16BrN3OS. The number of aromatic nitrogens is 1. The molecular weight excluding hydrogens is 350 g/mol. The lowest BCUT2D eigenvalue weighted by atomic mass is 9.97. The third kappa shape index (κ3) is 3.70. The van der Waals surface area contributed by atoms with E-state index in [-0.39, 0.29) is 11.8 Å². The quantitative estimate of drug-likeness (QED) is 0.874. The summed E-state index contributed by atoms with van der Waals surface area (Å²) < 4.78 is 1.05. The molecule has 6 heteroatoms. The standard InChI is InChI=1S/C15H16BrN3OS/c16-12-3-1-10(2-4-12)13-9-18-15(21-13)19-14(20)11-5-7-17-8-6-11/h1-4,9,11,17H,5-8H2,(H,18,19,20). The maximum Gasteiger partial charge on any atom is 0.229 e. The van der Waals surface area contributed by atoms with Crippen molar-refractivity contribution in [2.75, 3.05) is 18.4 Å². The zero-order chi connectivity index (χ0) is 14.7. The van der Waals surface area contributed by atoms with E-state index < -0.39 is 0 Å². The number of nitrogens with one attached hydrogen (secondary N) is 2. The molecule has 1 aliphatic heterocycles. The lowest BCUT2D eigenvalue weighted by Gasteiger charge is -2.20. The number of nitrogens with zero attached hydrogens (tertiary/aromatic N) is 1. The van der Waals surface area contributed by atoms with Crippen LogP contribution in [-0.4, -0.2) is 24.0 Å². The Morgan fingerprint density at radius 2 is 2.00 bits per heavy atom. The van der Waals surface area contributed by atoms with Gasteiger partial charge in [-0.3, -0.25) is 4.79 Å². The second kappa shape index (κ2) is 6.68. The van der Waals surface area contributed by atoms with E-state index in [1.54, 1.807) is 0 Å². The summed E-state index contributed by atoms with van der Waals surface area (Å²) in [6, 6.07) is 8.08. The fourth-order valence-corrected chi connectivity index (χ4v) is 3.46. The molecule has 1 saturated heterocycles. The van der Waals surface area contributed by atoms with Gasteiger partial charge in [-0.25, -0.2) is 4.98 Å². The minimum atomic E-state index is 0.0909. The second-order valence-corrected chi connectivity index (χ2v) is 7.00. The molecule has 2 aromatic rings. The van der Waals surface area contributed by atoms with Crippen molar-refractivity contribution < 1.29 is 4.79 Å².